The zero-order valence-electron chi connectivity index (χ0n) is 51.8. The van der Waals surface area contributed by atoms with Gasteiger partial charge in [0.1, 0.15) is 54.3 Å². The SMILES string of the molecule is CCOC(=O)COc1c(C)cc(OCc2cncc(CCl)c2)cc1C.CCOC(=O)COc1c(C)cc(OCc2cncc(COP(OCC)OCC)c2)cc1C.CCOP(OCC)OCc1cncc(COc2cc(C)c(OCC(=O)O)c(C)c2)c1. The van der Waals surface area contributed by atoms with Crippen molar-refractivity contribution >= 4 is 46.7 Å². The Balaban J connectivity index is 0.000000281. The average Bonchev–Trinajstić information content (AvgIpc) is 3.66. The number of carboxylic acid groups (broad SMARTS) is 1. The lowest BCUT2D eigenvalue weighted by atomic mass is 10.1. The molecule has 474 valence electrons. The lowest BCUT2D eigenvalue weighted by molar-refractivity contribution is -0.146. The number of halogens is 1. The molecule has 6 aromatic rings. The van der Waals surface area contributed by atoms with Crippen molar-refractivity contribution in [1.82, 2.24) is 15.0 Å². The maximum Gasteiger partial charge on any atom is 0.344 e. The number of rotatable bonds is 35. The third kappa shape index (κ3) is 27.4. The summed E-state index contributed by atoms with van der Waals surface area (Å²) < 4.78 is 77.2. The Bertz CT molecular complexity index is 2990. The number of nitrogens with zero attached hydrogens (tertiary/aromatic N) is 3. The quantitative estimate of drug-likeness (QED) is 0.0221. The van der Waals surface area contributed by atoms with Gasteiger partial charge in [-0.2, -0.15) is 0 Å². The summed E-state index contributed by atoms with van der Waals surface area (Å²) in [6.07, 6.45) is 10.5. The fourth-order valence-electron chi connectivity index (χ4n) is 7.96. The Morgan fingerprint density at radius 2 is 0.655 bits per heavy atom. The van der Waals surface area contributed by atoms with E-state index in [0.29, 0.717) is 107 Å². The molecule has 24 heteroatoms. The highest BCUT2D eigenvalue weighted by molar-refractivity contribution is 7.41. The second-order valence-corrected chi connectivity index (χ2v) is 21.5. The van der Waals surface area contributed by atoms with Crippen LogP contribution >= 0.6 is 28.8 Å². The Morgan fingerprint density at radius 3 is 0.931 bits per heavy atom. The molecule has 0 atom stereocenters. The first-order chi connectivity index (χ1) is 41.9. The Morgan fingerprint density at radius 1 is 0.379 bits per heavy atom. The first-order valence-electron chi connectivity index (χ1n) is 28.3. The number of esters is 2. The van der Waals surface area contributed by atoms with Gasteiger partial charge in [-0.25, -0.2) is 14.4 Å². The van der Waals surface area contributed by atoms with Crippen molar-refractivity contribution in [1.29, 1.82) is 0 Å². The van der Waals surface area contributed by atoms with E-state index >= 15 is 0 Å². The number of carboxylic acids is 1. The smallest absolute Gasteiger partial charge is 0.344 e. The average molecular weight is 1270 g/mol. The predicted molar refractivity (Wildman–Crippen MR) is 330 cm³/mol. The van der Waals surface area contributed by atoms with Gasteiger partial charge in [-0.15, -0.1) is 11.6 Å². The zero-order chi connectivity index (χ0) is 63.5. The van der Waals surface area contributed by atoms with Crippen LogP contribution in [0.3, 0.4) is 0 Å². The second kappa shape index (κ2) is 40.6. The molecule has 6 rings (SSSR count). The van der Waals surface area contributed by atoms with Crippen LogP contribution in [0.15, 0.2) is 91.8 Å². The van der Waals surface area contributed by atoms with Gasteiger partial charge < -0.3 is 70.1 Å². The van der Waals surface area contributed by atoms with Crippen LogP contribution in [0.2, 0.25) is 0 Å². The highest BCUT2D eigenvalue weighted by Crippen LogP contribution is 2.41. The van der Waals surface area contributed by atoms with Gasteiger partial charge in [0.2, 0.25) is 0 Å². The normalized spacial score (nSPS) is 10.8. The van der Waals surface area contributed by atoms with Crippen LogP contribution in [0.5, 0.6) is 34.5 Å². The molecule has 1 N–H and O–H groups in total. The molecule has 3 aromatic carbocycles. The van der Waals surface area contributed by atoms with Gasteiger partial charge in [0.15, 0.2) is 19.8 Å². The van der Waals surface area contributed by atoms with E-state index < -0.39 is 29.1 Å². The van der Waals surface area contributed by atoms with Crippen LogP contribution in [0, 0.1) is 41.5 Å². The first kappa shape index (κ1) is 72.7. The summed E-state index contributed by atoms with van der Waals surface area (Å²) >= 11 is 5.82. The molecular formula is C63H82ClN3O18P2. The molecule has 0 aliphatic carbocycles. The van der Waals surface area contributed by atoms with Gasteiger partial charge in [0, 0.05) is 59.8 Å². The van der Waals surface area contributed by atoms with Gasteiger partial charge in [-0.05, 0) is 188 Å². The molecule has 3 heterocycles. The lowest BCUT2D eigenvalue weighted by Gasteiger charge is -2.15. The van der Waals surface area contributed by atoms with Crippen molar-refractivity contribution in [2.75, 3.05) is 59.5 Å². The van der Waals surface area contributed by atoms with Crippen LogP contribution in [-0.4, -0.2) is 97.4 Å². The predicted octanol–water partition coefficient (Wildman–Crippen LogP) is 13.6. The Kier molecular flexibility index (Phi) is 34.0. The minimum absolute atomic E-state index is 0.105. The first-order valence-corrected chi connectivity index (χ1v) is 31.0. The highest BCUT2D eigenvalue weighted by atomic mass is 35.5. The molecule has 0 aliphatic heterocycles. The number of aryl methyl sites for hydroxylation is 6. The number of hydrogen-bond acceptors (Lipinski definition) is 20. The maximum absolute atomic E-state index is 11.5. The second-order valence-electron chi connectivity index (χ2n) is 18.8. The standard InChI is InChI=1S/C23H32NO7P.C21H28NO7P.C19H22ClNO4/c1-6-26-22(25)16-28-23-17(4)9-21(10-18(23)5)27-14-19-11-20(13-24-12-19)15-31-32(29-7-2)30-8-3;1-5-27-30(28-6-2)29-13-18-9-17(10-22-11-18)12-25-19-7-15(3)21(16(4)8-19)26-14-20(23)24;1-4-23-18(22)12-25-19-13(2)5-17(6-14(19)3)24-11-16-7-15(8-20)9-21-10-16/h9-13H,6-8,14-16H2,1-5H3;7-11H,5-6,12-14H2,1-4H3,(H,23,24);5-7,9-10H,4,8,11-12H2,1-3H3. The molecule has 3 aromatic heterocycles. The monoisotopic (exact) mass is 1270 g/mol. The Hall–Kier alpha value is -6.77. The number of alkyl halides is 1. The summed E-state index contributed by atoms with van der Waals surface area (Å²) in [6.45, 7) is 26.4. The number of benzene rings is 3. The van der Waals surface area contributed by atoms with Gasteiger partial charge in [0.25, 0.3) is 0 Å². The maximum atomic E-state index is 11.5. The summed E-state index contributed by atoms with van der Waals surface area (Å²) in [5.41, 5.74) is 10.7. The van der Waals surface area contributed by atoms with Crippen molar-refractivity contribution in [3.05, 3.63) is 159 Å². The molecule has 0 unspecified atom stereocenters. The van der Waals surface area contributed by atoms with Crippen molar-refractivity contribution in [2.24, 2.45) is 0 Å². The number of aromatic nitrogens is 3. The van der Waals surface area contributed by atoms with Crippen LogP contribution in [0.1, 0.15) is 108 Å². The van der Waals surface area contributed by atoms with Crippen molar-refractivity contribution in [3.8, 4) is 34.5 Å². The minimum atomic E-state index is -1.36. The summed E-state index contributed by atoms with van der Waals surface area (Å²) in [5, 5.41) is 8.79. The fraction of sp³-hybridized carbons (Fsp3) is 0.429. The third-order valence-electron chi connectivity index (χ3n) is 11.5. The van der Waals surface area contributed by atoms with E-state index in [0.717, 1.165) is 72.5 Å². The number of carbonyl (C=O) groups is 3. The summed E-state index contributed by atoms with van der Waals surface area (Å²) in [5.74, 6) is 2.64. The number of hydrogen-bond donors (Lipinski definition) is 1. The van der Waals surface area contributed by atoms with Crippen molar-refractivity contribution in [2.45, 2.75) is 122 Å². The molecule has 0 saturated carbocycles. The number of pyridine rings is 3. The van der Waals surface area contributed by atoms with Crippen LogP contribution in [-0.2, 0) is 89.9 Å². The highest BCUT2D eigenvalue weighted by Gasteiger charge is 2.16. The largest absolute Gasteiger partial charge is 0.489 e. The Labute approximate surface area is 518 Å². The van der Waals surface area contributed by atoms with E-state index in [1.165, 1.54) is 0 Å². The summed E-state index contributed by atoms with van der Waals surface area (Å²) in [4.78, 5) is 46.4. The lowest BCUT2D eigenvalue weighted by Crippen LogP contribution is -2.15. The molecule has 0 fully saturated rings. The third-order valence-corrected chi connectivity index (χ3v) is 14.3. The van der Waals surface area contributed by atoms with Crippen LogP contribution in [0.25, 0.3) is 0 Å². The van der Waals surface area contributed by atoms with E-state index in [-0.39, 0.29) is 25.8 Å². The van der Waals surface area contributed by atoms with Crippen molar-refractivity contribution in [3.63, 3.8) is 0 Å². The van der Waals surface area contributed by atoms with Gasteiger partial charge in [-0.1, -0.05) is 0 Å². The molecule has 21 nitrogen and oxygen atoms in total. The molecule has 87 heavy (non-hydrogen) atoms. The molecule has 0 saturated heterocycles. The van der Waals surface area contributed by atoms with Gasteiger partial charge in [-0.3, -0.25) is 15.0 Å². The van der Waals surface area contributed by atoms with E-state index in [9.17, 15) is 14.4 Å². The van der Waals surface area contributed by atoms with E-state index in [1.807, 2.05) is 124 Å². The minimum Gasteiger partial charge on any atom is -0.489 e. The van der Waals surface area contributed by atoms with Gasteiger partial charge >= 0.3 is 35.1 Å². The van der Waals surface area contributed by atoms with Gasteiger partial charge in [0.05, 0.1) is 52.9 Å². The molecular weight excluding hydrogens is 1180 g/mol. The number of ether oxygens (including phenoxy) is 8. The fourth-order valence-corrected chi connectivity index (χ4v) is 9.90. The number of aliphatic carboxylic acids is 1. The van der Waals surface area contributed by atoms with Crippen LogP contribution in [0.4, 0.5) is 0 Å². The molecule has 0 amide bonds. The zero-order valence-corrected chi connectivity index (χ0v) is 54.3. The molecule has 0 spiro atoms. The van der Waals surface area contributed by atoms with Crippen LogP contribution < -0.4 is 28.4 Å². The van der Waals surface area contributed by atoms with Crippen molar-refractivity contribution < 1.29 is 84.5 Å². The van der Waals surface area contributed by atoms with E-state index in [1.54, 1.807) is 51.0 Å². The molecule has 0 radical (unpaired) electrons. The number of carbonyl (C=O) groups excluding carboxylic acids is 2. The molecule has 0 bridgehead atoms. The topological polar surface area (TPSA) is 239 Å². The summed E-state index contributed by atoms with van der Waals surface area (Å²) in [6, 6.07) is 17.1. The molecule has 0 aliphatic rings. The van der Waals surface area contributed by atoms with E-state index in [4.69, 9.17) is 81.7 Å². The van der Waals surface area contributed by atoms with E-state index in [2.05, 4.69) is 15.0 Å². The summed E-state index contributed by atoms with van der Waals surface area (Å²) in [7, 11) is -2.72.